The third-order valence-electron chi connectivity index (χ3n) is 1.92. The molecule has 72 valence electrons. The van der Waals surface area contributed by atoms with E-state index in [1.54, 1.807) is 17.4 Å². The number of hydrogen-bond acceptors (Lipinski definition) is 3. The van der Waals surface area contributed by atoms with Crippen LogP contribution in [0.15, 0.2) is 35.8 Å². The topological polar surface area (TPSA) is 38.9 Å². The molecule has 2 N–H and O–H groups in total. The summed E-state index contributed by atoms with van der Waals surface area (Å²) in [5.41, 5.74) is 6.63. The third kappa shape index (κ3) is 1.81. The molecule has 0 aliphatic carbocycles. The number of nitrogens with zero attached hydrogens (tertiary/aromatic N) is 1. The van der Waals surface area contributed by atoms with Crippen LogP contribution < -0.4 is 5.73 Å². The van der Waals surface area contributed by atoms with Crippen LogP contribution >= 0.6 is 11.3 Å². The monoisotopic (exact) mass is 208 g/mol. The molecule has 1 unspecified atom stereocenters. The van der Waals surface area contributed by atoms with Crippen molar-refractivity contribution in [3.05, 3.63) is 52.2 Å². The van der Waals surface area contributed by atoms with Gasteiger partial charge in [0.15, 0.2) is 0 Å². The van der Waals surface area contributed by atoms with Crippen LogP contribution in [0.5, 0.6) is 0 Å². The van der Waals surface area contributed by atoms with E-state index in [0.29, 0.717) is 5.69 Å². The van der Waals surface area contributed by atoms with E-state index in [1.165, 1.54) is 12.3 Å². The zero-order chi connectivity index (χ0) is 9.97. The molecule has 2 nitrogen and oxygen atoms in total. The molecule has 0 radical (unpaired) electrons. The van der Waals surface area contributed by atoms with Gasteiger partial charge in [-0.05, 0) is 23.6 Å². The van der Waals surface area contributed by atoms with Crippen LogP contribution in [-0.4, -0.2) is 4.98 Å². The minimum atomic E-state index is -0.341. The average molecular weight is 208 g/mol. The Balaban J connectivity index is 2.28. The summed E-state index contributed by atoms with van der Waals surface area (Å²) in [4.78, 5) is 4.97. The average Bonchev–Trinajstić information content (AvgIpc) is 2.71. The second-order valence-corrected chi connectivity index (χ2v) is 3.87. The first kappa shape index (κ1) is 9.30. The molecular formula is C10H9FN2S. The second kappa shape index (κ2) is 3.86. The van der Waals surface area contributed by atoms with Crippen LogP contribution in [0.2, 0.25) is 0 Å². The quantitative estimate of drug-likeness (QED) is 0.822. The van der Waals surface area contributed by atoms with Gasteiger partial charge in [0.25, 0.3) is 0 Å². The molecule has 2 aromatic rings. The summed E-state index contributed by atoms with van der Waals surface area (Å²) in [6.45, 7) is 0. The summed E-state index contributed by atoms with van der Waals surface area (Å²) in [6, 6.07) is 6.61. The zero-order valence-electron chi connectivity index (χ0n) is 7.35. The van der Waals surface area contributed by atoms with Crippen LogP contribution in [0.4, 0.5) is 4.39 Å². The standard InChI is InChI=1S/C10H9FN2S/c11-7-3-4-8(13-6-7)10(12)9-2-1-5-14-9/h1-6,10H,12H2. The molecule has 2 aromatic heterocycles. The van der Waals surface area contributed by atoms with Crippen LogP contribution in [0.25, 0.3) is 0 Å². The maximum absolute atomic E-state index is 12.6. The van der Waals surface area contributed by atoms with E-state index in [-0.39, 0.29) is 11.9 Å². The Morgan fingerprint density at radius 3 is 2.79 bits per heavy atom. The normalized spacial score (nSPS) is 12.7. The molecule has 0 bridgehead atoms. The molecule has 0 aromatic carbocycles. The number of pyridine rings is 1. The first-order valence-electron chi connectivity index (χ1n) is 4.18. The van der Waals surface area contributed by atoms with E-state index >= 15 is 0 Å². The van der Waals surface area contributed by atoms with Gasteiger partial charge in [-0.1, -0.05) is 6.07 Å². The fourth-order valence-electron chi connectivity index (χ4n) is 1.19. The maximum Gasteiger partial charge on any atom is 0.141 e. The van der Waals surface area contributed by atoms with Crippen molar-refractivity contribution >= 4 is 11.3 Å². The highest BCUT2D eigenvalue weighted by atomic mass is 32.1. The summed E-state index contributed by atoms with van der Waals surface area (Å²) >= 11 is 1.57. The first-order chi connectivity index (χ1) is 6.77. The summed E-state index contributed by atoms with van der Waals surface area (Å²) in [5, 5.41) is 1.96. The van der Waals surface area contributed by atoms with E-state index in [1.807, 2.05) is 17.5 Å². The first-order valence-corrected chi connectivity index (χ1v) is 5.06. The number of thiophene rings is 1. The number of nitrogens with two attached hydrogens (primary N) is 1. The highest BCUT2D eigenvalue weighted by molar-refractivity contribution is 7.10. The van der Waals surface area contributed by atoms with Gasteiger partial charge >= 0.3 is 0 Å². The molecule has 1 atom stereocenters. The van der Waals surface area contributed by atoms with Gasteiger partial charge in [-0.25, -0.2) is 4.39 Å². The van der Waals surface area contributed by atoms with Gasteiger partial charge in [0.05, 0.1) is 17.9 Å². The lowest BCUT2D eigenvalue weighted by Crippen LogP contribution is -2.11. The van der Waals surface area contributed by atoms with E-state index in [2.05, 4.69) is 4.98 Å². The van der Waals surface area contributed by atoms with Crippen molar-refractivity contribution in [2.45, 2.75) is 6.04 Å². The third-order valence-corrected chi connectivity index (χ3v) is 2.87. The summed E-state index contributed by atoms with van der Waals surface area (Å²) in [6.07, 6.45) is 1.18. The summed E-state index contributed by atoms with van der Waals surface area (Å²) < 4.78 is 12.6. The van der Waals surface area contributed by atoms with Gasteiger partial charge in [0.1, 0.15) is 5.82 Å². The lowest BCUT2D eigenvalue weighted by molar-refractivity contribution is 0.617. The number of halogens is 1. The number of aromatic nitrogens is 1. The Labute approximate surface area is 85.2 Å². The fraction of sp³-hybridized carbons (Fsp3) is 0.100. The predicted octanol–water partition coefficient (Wildman–Crippen LogP) is 2.33. The maximum atomic E-state index is 12.6. The van der Waals surface area contributed by atoms with Gasteiger partial charge in [0.2, 0.25) is 0 Å². The molecule has 0 fully saturated rings. The van der Waals surface area contributed by atoms with Crippen molar-refractivity contribution in [3.63, 3.8) is 0 Å². The summed E-state index contributed by atoms with van der Waals surface area (Å²) in [7, 11) is 0. The lowest BCUT2D eigenvalue weighted by Gasteiger charge is -2.07. The van der Waals surface area contributed by atoms with Gasteiger partial charge in [0, 0.05) is 4.88 Å². The van der Waals surface area contributed by atoms with Crippen LogP contribution in [0.1, 0.15) is 16.6 Å². The molecule has 2 rings (SSSR count). The van der Waals surface area contributed by atoms with E-state index in [9.17, 15) is 4.39 Å². The van der Waals surface area contributed by atoms with Crippen molar-refractivity contribution in [3.8, 4) is 0 Å². The molecule has 0 spiro atoms. The Morgan fingerprint density at radius 1 is 1.36 bits per heavy atom. The Kier molecular flexibility index (Phi) is 2.56. The number of rotatable bonds is 2. The Bertz CT molecular complexity index is 397. The fourth-order valence-corrected chi connectivity index (χ4v) is 1.92. The largest absolute Gasteiger partial charge is 0.318 e. The molecule has 0 aliphatic rings. The summed E-state index contributed by atoms with van der Waals surface area (Å²) in [5.74, 6) is -0.341. The SMILES string of the molecule is NC(c1ccc(F)cn1)c1cccs1. The molecule has 0 aliphatic heterocycles. The minimum absolute atomic E-state index is 0.254. The van der Waals surface area contributed by atoms with Gasteiger partial charge in [-0.2, -0.15) is 0 Å². The van der Waals surface area contributed by atoms with Crippen LogP contribution in [0, 0.1) is 5.82 Å². The Hall–Kier alpha value is -1.26. The molecule has 0 saturated heterocycles. The smallest absolute Gasteiger partial charge is 0.141 e. The highest BCUT2D eigenvalue weighted by Crippen LogP contribution is 2.21. The van der Waals surface area contributed by atoms with Crippen molar-refractivity contribution in [1.29, 1.82) is 0 Å². The number of hydrogen-bond donors (Lipinski definition) is 1. The van der Waals surface area contributed by atoms with Gasteiger partial charge < -0.3 is 5.73 Å². The molecule has 14 heavy (non-hydrogen) atoms. The van der Waals surface area contributed by atoms with Gasteiger partial charge in [-0.3, -0.25) is 4.98 Å². The van der Waals surface area contributed by atoms with Crippen molar-refractivity contribution in [2.24, 2.45) is 5.73 Å². The molecule has 0 amide bonds. The predicted molar refractivity (Wildman–Crippen MR) is 54.5 cm³/mol. The molecular weight excluding hydrogens is 199 g/mol. The van der Waals surface area contributed by atoms with E-state index < -0.39 is 0 Å². The van der Waals surface area contributed by atoms with E-state index in [0.717, 1.165) is 4.88 Å². The molecule has 2 heterocycles. The second-order valence-electron chi connectivity index (χ2n) is 2.89. The minimum Gasteiger partial charge on any atom is -0.318 e. The van der Waals surface area contributed by atoms with Crippen molar-refractivity contribution in [1.82, 2.24) is 4.98 Å². The lowest BCUT2D eigenvalue weighted by atomic mass is 10.1. The van der Waals surface area contributed by atoms with Crippen LogP contribution in [-0.2, 0) is 0 Å². The van der Waals surface area contributed by atoms with Crippen molar-refractivity contribution < 1.29 is 4.39 Å². The van der Waals surface area contributed by atoms with Crippen molar-refractivity contribution in [2.75, 3.05) is 0 Å². The molecule has 4 heteroatoms. The van der Waals surface area contributed by atoms with Crippen LogP contribution in [0.3, 0.4) is 0 Å². The zero-order valence-corrected chi connectivity index (χ0v) is 8.17. The van der Waals surface area contributed by atoms with Gasteiger partial charge in [-0.15, -0.1) is 11.3 Å². The molecule has 0 saturated carbocycles. The van der Waals surface area contributed by atoms with E-state index in [4.69, 9.17) is 5.73 Å². The Morgan fingerprint density at radius 2 is 2.21 bits per heavy atom. The highest BCUT2D eigenvalue weighted by Gasteiger charge is 2.10.